The summed E-state index contributed by atoms with van der Waals surface area (Å²) in [4.78, 5) is 0. The van der Waals surface area contributed by atoms with Gasteiger partial charge in [0.1, 0.15) is 0 Å². The van der Waals surface area contributed by atoms with Crippen molar-refractivity contribution >= 4 is 22.5 Å². The van der Waals surface area contributed by atoms with E-state index in [1.807, 2.05) is 0 Å². The molecule has 0 aliphatic carbocycles. The molecule has 0 fully saturated rings. The van der Waals surface area contributed by atoms with Crippen molar-refractivity contribution < 1.29 is 0 Å². The van der Waals surface area contributed by atoms with Gasteiger partial charge in [-0.2, -0.15) is 5.10 Å². The van der Waals surface area contributed by atoms with E-state index in [9.17, 15) is 0 Å². The van der Waals surface area contributed by atoms with E-state index in [4.69, 9.17) is 16.7 Å². The normalized spacial score (nSPS) is 12.3. The molecule has 2 aromatic rings. The number of nitrogens with zero attached hydrogens (tertiary/aromatic N) is 2. The molecule has 0 radical (unpaired) electrons. The highest BCUT2D eigenvalue weighted by molar-refractivity contribution is 6.17. The fourth-order valence-electron chi connectivity index (χ4n) is 2.21. The molecule has 0 atom stereocenters. The first-order valence-electron chi connectivity index (χ1n) is 6.42. The van der Waals surface area contributed by atoms with Crippen LogP contribution in [0.15, 0.2) is 35.9 Å². The minimum atomic E-state index is 0.682. The van der Waals surface area contributed by atoms with E-state index >= 15 is 0 Å². The summed E-state index contributed by atoms with van der Waals surface area (Å²) >= 11 is 5.71. The minimum Gasteiger partial charge on any atom is -0.265 e. The second kappa shape index (κ2) is 6.05. The molecule has 1 aromatic carbocycles. The van der Waals surface area contributed by atoms with Gasteiger partial charge in [0.2, 0.25) is 0 Å². The summed E-state index contributed by atoms with van der Waals surface area (Å²) in [6.07, 6.45) is 4.04. The predicted molar refractivity (Wildman–Crippen MR) is 78.2 cm³/mol. The van der Waals surface area contributed by atoms with Gasteiger partial charge in [-0.1, -0.05) is 29.8 Å². The van der Waals surface area contributed by atoms with E-state index in [1.54, 1.807) is 0 Å². The Hall–Kier alpha value is -1.28. The Labute approximate surface area is 113 Å². The Balaban J connectivity index is 2.33. The molecule has 1 aromatic heterocycles. The molecule has 0 saturated heterocycles. The second-order valence-electron chi connectivity index (χ2n) is 4.48. The molecule has 0 spiro atoms. The lowest BCUT2D eigenvalue weighted by Crippen LogP contribution is -1.97. The first-order chi connectivity index (χ1) is 8.76. The van der Waals surface area contributed by atoms with Crippen LogP contribution < -0.4 is 0 Å². The fourth-order valence-corrected chi connectivity index (χ4v) is 2.31. The molecule has 0 aliphatic heterocycles. The number of allylic oxidation sites excluding steroid dienone is 2. The maximum absolute atomic E-state index is 5.71. The second-order valence-corrected chi connectivity index (χ2v) is 4.86. The topological polar surface area (TPSA) is 17.8 Å². The zero-order chi connectivity index (χ0) is 13.0. The Morgan fingerprint density at radius 2 is 2.17 bits per heavy atom. The lowest BCUT2D eigenvalue weighted by Gasteiger charge is -1.98. The van der Waals surface area contributed by atoms with Crippen molar-refractivity contribution in [3.8, 4) is 0 Å². The van der Waals surface area contributed by atoms with Gasteiger partial charge in [-0.3, -0.25) is 4.68 Å². The highest BCUT2D eigenvalue weighted by atomic mass is 35.5. The number of benzene rings is 1. The standard InChI is InChI=1S/C15H19ClN2/c1-3-18-15-9-5-4-8-13(15)14(17-18)11-12(2)7-6-10-16/h4-5,7-9H,3,6,10-11H2,1-2H3. The summed E-state index contributed by atoms with van der Waals surface area (Å²) in [7, 11) is 0. The fraction of sp³-hybridized carbons (Fsp3) is 0.400. The van der Waals surface area contributed by atoms with E-state index in [2.05, 4.69) is 48.9 Å². The van der Waals surface area contributed by atoms with Crippen molar-refractivity contribution in [1.82, 2.24) is 9.78 Å². The van der Waals surface area contributed by atoms with Crippen LogP contribution in [0.25, 0.3) is 10.9 Å². The monoisotopic (exact) mass is 262 g/mol. The van der Waals surface area contributed by atoms with E-state index in [1.165, 1.54) is 16.5 Å². The van der Waals surface area contributed by atoms with Crippen LogP contribution in [-0.2, 0) is 13.0 Å². The largest absolute Gasteiger partial charge is 0.265 e. The number of halogens is 1. The van der Waals surface area contributed by atoms with Crippen LogP contribution in [-0.4, -0.2) is 15.7 Å². The van der Waals surface area contributed by atoms with Crippen LogP contribution >= 0.6 is 11.6 Å². The number of rotatable bonds is 5. The van der Waals surface area contributed by atoms with Crippen LogP contribution in [0.5, 0.6) is 0 Å². The van der Waals surface area contributed by atoms with Gasteiger partial charge in [0, 0.05) is 24.2 Å². The predicted octanol–water partition coefficient (Wildman–Crippen LogP) is 4.17. The highest BCUT2D eigenvalue weighted by Gasteiger charge is 2.08. The molecule has 0 saturated carbocycles. The van der Waals surface area contributed by atoms with Gasteiger partial charge in [-0.05, 0) is 26.3 Å². The van der Waals surface area contributed by atoms with Crippen molar-refractivity contribution in [2.75, 3.05) is 5.88 Å². The van der Waals surface area contributed by atoms with Gasteiger partial charge in [0.05, 0.1) is 11.2 Å². The number of hydrogen-bond acceptors (Lipinski definition) is 1. The number of aryl methyl sites for hydroxylation is 1. The smallest absolute Gasteiger partial charge is 0.0743 e. The highest BCUT2D eigenvalue weighted by Crippen LogP contribution is 2.20. The summed E-state index contributed by atoms with van der Waals surface area (Å²) in [6.45, 7) is 5.18. The molecule has 0 unspecified atom stereocenters. The number of alkyl halides is 1. The third-order valence-electron chi connectivity index (χ3n) is 3.08. The van der Waals surface area contributed by atoms with Crippen LogP contribution in [0.3, 0.4) is 0 Å². The summed E-state index contributed by atoms with van der Waals surface area (Å²) in [5, 5.41) is 5.96. The Morgan fingerprint density at radius 1 is 1.39 bits per heavy atom. The molecule has 1 heterocycles. The van der Waals surface area contributed by atoms with Crippen LogP contribution in [0.2, 0.25) is 0 Å². The van der Waals surface area contributed by atoms with Crippen LogP contribution in [0.1, 0.15) is 26.0 Å². The summed E-state index contributed by atoms with van der Waals surface area (Å²) in [6, 6.07) is 8.42. The van der Waals surface area contributed by atoms with Crippen molar-refractivity contribution in [2.45, 2.75) is 33.2 Å². The zero-order valence-corrected chi connectivity index (χ0v) is 11.7. The van der Waals surface area contributed by atoms with Gasteiger partial charge >= 0.3 is 0 Å². The number of aromatic nitrogens is 2. The quantitative estimate of drug-likeness (QED) is 0.584. The first-order valence-corrected chi connectivity index (χ1v) is 6.95. The summed E-state index contributed by atoms with van der Waals surface area (Å²) in [5.74, 6) is 0.682. The molecule has 18 heavy (non-hydrogen) atoms. The number of para-hydroxylation sites is 1. The van der Waals surface area contributed by atoms with E-state index < -0.39 is 0 Å². The number of hydrogen-bond donors (Lipinski definition) is 0. The summed E-state index contributed by atoms with van der Waals surface area (Å²) in [5.41, 5.74) is 3.72. The molecule has 0 aliphatic rings. The lowest BCUT2D eigenvalue weighted by atomic mass is 10.1. The SMILES string of the molecule is CCn1nc(CC(C)=CCCCl)c2ccccc21. The molecular weight excluding hydrogens is 244 g/mol. The number of fused-ring (bicyclic) bond motifs is 1. The first kappa shape index (κ1) is 13.2. The lowest BCUT2D eigenvalue weighted by molar-refractivity contribution is 0.671. The van der Waals surface area contributed by atoms with Crippen molar-refractivity contribution in [3.63, 3.8) is 0 Å². The van der Waals surface area contributed by atoms with E-state index in [0.717, 1.165) is 25.1 Å². The van der Waals surface area contributed by atoms with Crippen LogP contribution in [0.4, 0.5) is 0 Å². The molecule has 96 valence electrons. The van der Waals surface area contributed by atoms with Gasteiger partial charge < -0.3 is 0 Å². The third-order valence-corrected chi connectivity index (χ3v) is 3.30. The molecule has 2 nitrogen and oxygen atoms in total. The Morgan fingerprint density at radius 3 is 2.89 bits per heavy atom. The Kier molecular flexibility index (Phi) is 4.43. The van der Waals surface area contributed by atoms with Crippen molar-refractivity contribution in [3.05, 3.63) is 41.6 Å². The van der Waals surface area contributed by atoms with E-state index in [0.29, 0.717) is 5.88 Å². The molecule has 0 bridgehead atoms. The summed E-state index contributed by atoms with van der Waals surface area (Å²) < 4.78 is 2.07. The maximum atomic E-state index is 5.71. The van der Waals surface area contributed by atoms with Gasteiger partial charge in [0.25, 0.3) is 0 Å². The zero-order valence-electron chi connectivity index (χ0n) is 11.0. The van der Waals surface area contributed by atoms with Gasteiger partial charge in [-0.15, -0.1) is 11.6 Å². The average Bonchev–Trinajstić information content (AvgIpc) is 2.75. The van der Waals surface area contributed by atoms with Crippen molar-refractivity contribution in [2.24, 2.45) is 0 Å². The molecule has 0 amide bonds. The van der Waals surface area contributed by atoms with Gasteiger partial charge in [0.15, 0.2) is 0 Å². The van der Waals surface area contributed by atoms with Crippen molar-refractivity contribution in [1.29, 1.82) is 0 Å². The average molecular weight is 263 g/mol. The van der Waals surface area contributed by atoms with E-state index in [-0.39, 0.29) is 0 Å². The van der Waals surface area contributed by atoms with Gasteiger partial charge in [-0.25, -0.2) is 0 Å². The molecule has 3 heteroatoms. The maximum Gasteiger partial charge on any atom is 0.0743 e. The van der Waals surface area contributed by atoms with Crippen LogP contribution in [0, 0.1) is 0 Å². The molecular formula is C15H19ClN2. The third kappa shape index (κ3) is 2.75. The molecule has 2 rings (SSSR count). The minimum absolute atomic E-state index is 0.682. The molecule has 0 N–H and O–H groups in total. The Bertz CT molecular complexity index is 555.